The molecule has 0 saturated heterocycles. The number of benzene rings is 1. The van der Waals surface area contributed by atoms with Crippen molar-refractivity contribution in [2.45, 2.75) is 19.6 Å². The van der Waals surface area contributed by atoms with Crippen LogP contribution >= 0.6 is 11.6 Å². The zero-order valence-corrected chi connectivity index (χ0v) is 14.6. The molecule has 0 saturated carbocycles. The van der Waals surface area contributed by atoms with E-state index in [0.717, 1.165) is 16.8 Å². The molecule has 1 aliphatic rings. The van der Waals surface area contributed by atoms with Crippen LogP contribution in [-0.4, -0.2) is 32.2 Å². The summed E-state index contributed by atoms with van der Waals surface area (Å²) in [4.78, 5) is 12.2. The molecular formula is C18H14ClN5O2. The first-order chi connectivity index (χ1) is 12.6. The molecule has 3 aromatic rings. The zero-order valence-electron chi connectivity index (χ0n) is 13.9. The minimum absolute atomic E-state index is 0.174. The molecule has 1 aliphatic heterocycles. The second kappa shape index (κ2) is 6.65. The van der Waals surface area contributed by atoms with Crippen LogP contribution in [0, 0.1) is 18.3 Å². The van der Waals surface area contributed by atoms with E-state index in [-0.39, 0.29) is 11.4 Å². The Hall–Kier alpha value is -3.11. The van der Waals surface area contributed by atoms with E-state index < -0.39 is 0 Å². The molecule has 0 aliphatic carbocycles. The fraction of sp³-hybridized carbons (Fsp3) is 0.222. The molecule has 4 rings (SSSR count). The van der Waals surface area contributed by atoms with Crippen LogP contribution in [-0.2, 0) is 6.54 Å². The maximum Gasteiger partial charge on any atom is 0.297 e. The molecule has 1 atom stereocenters. The first kappa shape index (κ1) is 16.4. The number of fused-ring (bicyclic) bond motifs is 1. The van der Waals surface area contributed by atoms with Crippen molar-refractivity contribution >= 4 is 11.6 Å². The van der Waals surface area contributed by atoms with Gasteiger partial charge in [0.15, 0.2) is 11.9 Å². The van der Waals surface area contributed by atoms with Crippen LogP contribution in [0.5, 0.6) is 11.8 Å². The standard InChI is InChI=1S/C18H14ClN5O2/c1-11-4-12(5-20)2-3-15(11)16-8-23-18-24(16)9-14(10-25-18)26-13-6-21-17(19)22-7-13/h2-4,6-8,14H,9-10H2,1H3. The van der Waals surface area contributed by atoms with Gasteiger partial charge in [0.1, 0.15) is 6.61 Å². The number of rotatable bonds is 3. The van der Waals surface area contributed by atoms with Crippen molar-refractivity contribution in [2.75, 3.05) is 6.61 Å². The van der Waals surface area contributed by atoms with Crippen molar-refractivity contribution < 1.29 is 9.47 Å². The predicted molar refractivity (Wildman–Crippen MR) is 94.1 cm³/mol. The second-order valence-electron chi connectivity index (χ2n) is 5.92. The largest absolute Gasteiger partial charge is 0.482 e. The lowest BCUT2D eigenvalue weighted by Gasteiger charge is -2.26. The Kier molecular flexibility index (Phi) is 4.19. The van der Waals surface area contributed by atoms with E-state index >= 15 is 0 Å². The van der Waals surface area contributed by atoms with E-state index in [1.54, 1.807) is 12.3 Å². The summed E-state index contributed by atoms with van der Waals surface area (Å²) in [6.07, 6.45) is 4.63. The van der Waals surface area contributed by atoms with E-state index in [9.17, 15) is 0 Å². The highest BCUT2D eigenvalue weighted by Crippen LogP contribution is 2.30. The van der Waals surface area contributed by atoms with Crippen LogP contribution in [0.4, 0.5) is 0 Å². The highest BCUT2D eigenvalue weighted by atomic mass is 35.5. The number of ether oxygens (including phenoxy) is 2. The first-order valence-corrected chi connectivity index (χ1v) is 8.35. The summed E-state index contributed by atoms with van der Waals surface area (Å²) in [5, 5.41) is 9.22. The van der Waals surface area contributed by atoms with Gasteiger partial charge in [-0.1, -0.05) is 6.07 Å². The Balaban J connectivity index is 1.60. The number of hydrogen-bond acceptors (Lipinski definition) is 6. The summed E-state index contributed by atoms with van der Waals surface area (Å²) >= 11 is 5.70. The van der Waals surface area contributed by atoms with E-state index in [1.807, 2.05) is 23.6 Å². The van der Waals surface area contributed by atoms with Crippen molar-refractivity contribution in [3.8, 4) is 29.1 Å². The van der Waals surface area contributed by atoms with Gasteiger partial charge >= 0.3 is 0 Å². The van der Waals surface area contributed by atoms with Crippen LogP contribution < -0.4 is 9.47 Å². The highest BCUT2D eigenvalue weighted by molar-refractivity contribution is 6.28. The Bertz CT molecular complexity index is 994. The molecule has 3 heterocycles. The van der Waals surface area contributed by atoms with Crippen LogP contribution in [0.25, 0.3) is 11.3 Å². The van der Waals surface area contributed by atoms with Crippen LogP contribution in [0.1, 0.15) is 11.1 Å². The van der Waals surface area contributed by atoms with Gasteiger partial charge < -0.3 is 9.47 Å². The number of aromatic nitrogens is 4. The average molecular weight is 368 g/mol. The van der Waals surface area contributed by atoms with Gasteiger partial charge in [-0.15, -0.1) is 0 Å². The van der Waals surface area contributed by atoms with Gasteiger partial charge in [-0.3, -0.25) is 4.57 Å². The number of nitriles is 1. The molecule has 0 bridgehead atoms. The van der Waals surface area contributed by atoms with E-state index in [0.29, 0.717) is 30.5 Å². The second-order valence-corrected chi connectivity index (χ2v) is 6.25. The van der Waals surface area contributed by atoms with Gasteiger partial charge in [0.2, 0.25) is 5.28 Å². The topological polar surface area (TPSA) is 85.9 Å². The molecule has 0 amide bonds. The molecule has 0 N–H and O–H groups in total. The van der Waals surface area contributed by atoms with Crippen molar-refractivity contribution in [3.63, 3.8) is 0 Å². The molecular weight excluding hydrogens is 354 g/mol. The monoisotopic (exact) mass is 367 g/mol. The summed E-state index contributed by atoms with van der Waals surface area (Å²) in [6.45, 7) is 2.93. The molecule has 26 heavy (non-hydrogen) atoms. The van der Waals surface area contributed by atoms with Crippen molar-refractivity contribution in [1.29, 1.82) is 5.26 Å². The molecule has 1 unspecified atom stereocenters. The Morgan fingerprint density at radius 1 is 1.27 bits per heavy atom. The molecule has 7 nitrogen and oxygen atoms in total. The molecule has 0 fully saturated rings. The van der Waals surface area contributed by atoms with E-state index in [4.69, 9.17) is 26.3 Å². The summed E-state index contributed by atoms with van der Waals surface area (Å²) in [7, 11) is 0. The lowest BCUT2D eigenvalue weighted by molar-refractivity contribution is 0.0763. The lowest BCUT2D eigenvalue weighted by atomic mass is 10.0. The van der Waals surface area contributed by atoms with E-state index in [1.165, 1.54) is 12.4 Å². The van der Waals surface area contributed by atoms with Crippen LogP contribution in [0.15, 0.2) is 36.8 Å². The summed E-state index contributed by atoms with van der Waals surface area (Å²) in [5.74, 6) is 0.530. The third-order valence-corrected chi connectivity index (χ3v) is 4.33. The van der Waals surface area contributed by atoms with Crippen molar-refractivity contribution in [3.05, 3.63) is 53.2 Å². The lowest BCUT2D eigenvalue weighted by Crippen LogP contribution is -2.35. The first-order valence-electron chi connectivity index (χ1n) is 7.97. The SMILES string of the molecule is Cc1cc(C#N)ccc1-c1cnc2n1CC(Oc1cnc(Cl)nc1)CO2. The zero-order chi connectivity index (χ0) is 18.1. The number of hydrogen-bond donors (Lipinski definition) is 0. The summed E-state index contributed by atoms with van der Waals surface area (Å²) in [6, 6.07) is 8.29. The molecule has 0 spiro atoms. The fourth-order valence-electron chi connectivity index (χ4n) is 2.93. The number of nitrogens with zero attached hydrogens (tertiary/aromatic N) is 5. The minimum atomic E-state index is -0.209. The predicted octanol–water partition coefficient (Wildman–Crippen LogP) is 3.01. The van der Waals surface area contributed by atoms with Gasteiger partial charge in [-0.25, -0.2) is 15.0 Å². The summed E-state index contributed by atoms with van der Waals surface area (Å²) in [5.41, 5.74) is 3.55. The van der Waals surface area contributed by atoms with Crippen LogP contribution in [0.2, 0.25) is 5.28 Å². The molecule has 2 aromatic heterocycles. The molecule has 0 radical (unpaired) electrons. The van der Waals surface area contributed by atoms with Gasteiger partial charge in [0.05, 0.1) is 42.5 Å². The average Bonchev–Trinajstić information content (AvgIpc) is 3.06. The summed E-state index contributed by atoms with van der Waals surface area (Å²) < 4.78 is 13.6. The van der Waals surface area contributed by atoms with Crippen molar-refractivity contribution in [2.24, 2.45) is 0 Å². The number of halogens is 1. The smallest absolute Gasteiger partial charge is 0.297 e. The van der Waals surface area contributed by atoms with Crippen molar-refractivity contribution in [1.82, 2.24) is 19.5 Å². The minimum Gasteiger partial charge on any atom is -0.482 e. The third kappa shape index (κ3) is 3.07. The Labute approximate surface area is 154 Å². The molecule has 1 aromatic carbocycles. The van der Waals surface area contributed by atoms with Gasteiger partial charge in [-0.05, 0) is 36.2 Å². The normalized spacial score (nSPS) is 15.7. The van der Waals surface area contributed by atoms with Gasteiger partial charge in [0, 0.05) is 5.56 Å². The van der Waals surface area contributed by atoms with Gasteiger partial charge in [0.25, 0.3) is 6.01 Å². The maximum absolute atomic E-state index is 9.05. The fourth-order valence-corrected chi connectivity index (χ4v) is 3.03. The Morgan fingerprint density at radius 2 is 2.08 bits per heavy atom. The van der Waals surface area contributed by atoms with Crippen LogP contribution in [0.3, 0.4) is 0 Å². The number of imidazole rings is 1. The molecule has 130 valence electrons. The number of aryl methyl sites for hydroxylation is 1. The van der Waals surface area contributed by atoms with E-state index in [2.05, 4.69) is 21.0 Å². The molecule has 8 heteroatoms. The highest BCUT2D eigenvalue weighted by Gasteiger charge is 2.25. The Morgan fingerprint density at radius 3 is 2.81 bits per heavy atom. The quantitative estimate of drug-likeness (QED) is 0.661. The van der Waals surface area contributed by atoms with Gasteiger partial charge in [-0.2, -0.15) is 5.26 Å². The third-order valence-electron chi connectivity index (χ3n) is 4.13. The maximum atomic E-state index is 9.05.